The van der Waals surface area contributed by atoms with Gasteiger partial charge in [-0.1, -0.05) is 12.1 Å². The first-order valence-electron chi connectivity index (χ1n) is 7.07. The standard InChI is InChI=1S/C15H22FN5/c1-15(2,3)17-10-12(9-14-18-20-21(4)19-14)11-5-7-13(16)8-6-11/h5-8,12,17H,9-10H2,1-4H3. The van der Waals surface area contributed by atoms with Crippen LogP contribution in [0.5, 0.6) is 0 Å². The first kappa shape index (κ1) is 15.6. The number of halogens is 1. The average Bonchev–Trinajstić information content (AvgIpc) is 2.80. The summed E-state index contributed by atoms with van der Waals surface area (Å²) in [5.41, 5.74) is 1.09. The second-order valence-corrected chi connectivity index (χ2v) is 6.28. The minimum Gasteiger partial charge on any atom is -0.311 e. The molecule has 0 amide bonds. The molecule has 0 bridgehead atoms. The molecule has 1 aromatic carbocycles. The molecule has 21 heavy (non-hydrogen) atoms. The van der Waals surface area contributed by atoms with E-state index in [9.17, 15) is 4.39 Å². The van der Waals surface area contributed by atoms with Crippen molar-refractivity contribution >= 4 is 0 Å². The molecule has 2 aromatic rings. The summed E-state index contributed by atoms with van der Waals surface area (Å²) in [6, 6.07) is 6.62. The van der Waals surface area contributed by atoms with E-state index in [1.54, 1.807) is 7.05 Å². The highest BCUT2D eigenvalue weighted by molar-refractivity contribution is 5.22. The molecule has 1 aromatic heterocycles. The number of benzene rings is 1. The molecule has 2 rings (SSSR count). The summed E-state index contributed by atoms with van der Waals surface area (Å²) in [7, 11) is 1.75. The fraction of sp³-hybridized carbons (Fsp3) is 0.533. The molecular formula is C15H22FN5. The maximum absolute atomic E-state index is 13.1. The van der Waals surface area contributed by atoms with Crippen molar-refractivity contribution in [1.82, 2.24) is 25.5 Å². The van der Waals surface area contributed by atoms with Crippen LogP contribution in [0.15, 0.2) is 24.3 Å². The zero-order valence-electron chi connectivity index (χ0n) is 13.0. The van der Waals surface area contributed by atoms with E-state index in [0.717, 1.165) is 12.1 Å². The van der Waals surface area contributed by atoms with Crippen LogP contribution in [-0.2, 0) is 13.5 Å². The second-order valence-electron chi connectivity index (χ2n) is 6.28. The van der Waals surface area contributed by atoms with Gasteiger partial charge in [-0.3, -0.25) is 0 Å². The third-order valence-electron chi connectivity index (χ3n) is 3.20. The lowest BCUT2D eigenvalue weighted by Crippen LogP contribution is -2.39. The van der Waals surface area contributed by atoms with Crippen LogP contribution >= 0.6 is 0 Å². The Morgan fingerprint density at radius 1 is 1.24 bits per heavy atom. The summed E-state index contributed by atoms with van der Waals surface area (Å²) in [6.07, 6.45) is 0.669. The fourth-order valence-corrected chi connectivity index (χ4v) is 2.10. The summed E-state index contributed by atoms with van der Waals surface area (Å²) in [5, 5.41) is 15.6. The van der Waals surface area contributed by atoms with Crippen LogP contribution in [-0.4, -0.2) is 32.3 Å². The normalized spacial score (nSPS) is 13.4. The molecule has 5 nitrogen and oxygen atoms in total. The second kappa shape index (κ2) is 6.30. The van der Waals surface area contributed by atoms with Crippen LogP contribution in [0.1, 0.15) is 38.1 Å². The number of hydrogen-bond donors (Lipinski definition) is 1. The van der Waals surface area contributed by atoms with E-state index in [1.165, 1.54) is 16.9 Å². The lowest BCUT2D eigenvalue weighted by molar-refractivity contribution is 0.403. The summed E-state index contributed by atoms with van der Waals surface area (Å²) in [5.74, 6) is 0.649. The lowest BCUT2D eigenvalue weighted by atomic mass is 9.94. The van der Waals surface area contributed by atoms with Gasteiger partial charge in [0.15, 0.2) is 5.82 Å². The van der Waals surface area contributed by atoms with Crippen molar-refractivity contribution in [3.05, 3.63) is 41.5 Å². The molecular weight excluding hydrogens is 269 g/mol. The molecule has 1 heterocycles. The Labute approximate surface area is 124 Å². The molecule has 1 atom stereocenters. The van der Waals surface area contributed by atoms with E-state index in [4.69, 9.17) is 0 Å². The minimum absolute atomic E-state index is 0.0219. The monoisotopic (exact) mass is 291 g/mol. The van der Waals surface area contributed by atoms with Crippen molar-refractivity contribution in [2.45, 2.75) is 38.6 Å². The van der Waals surface area contributed by atoms with Crippen LogP contribution in [0.4, 0.5) is 4.39 Å². The third kappa shape index (κ3) is 4.90. The largest absolute Gasteiger partial charge is 0.311 e. The van der Waals surface area contributed by atoms with Gasteiger partial charge in [-0.15, -0.1) is 10.2 Å². The predicted molar refractivity (Wildman–Crippen MR) is 79.4 cm³/mol. The van der Waals surface area contributed by atoms with Crippen molar-refractivity contribution in [2.24, 2.45) is 7.05 Å². The Bertz CT molecular complexity index is 570. The topological polar surface area (TPSA) is 55.6 Å². The molecule has 0 spiro atoms. The maximum Gasteiger partial charge on any atom is 0.175 e. The van der Waals surface area contributed by atoms with Crippen molar-refractivity contribution in [3.8, 4) is 0 Å². The molecule has 1 unspecified atom stereocenters. The number of nitrogens with zero attached hydrogens (tertiary/aromatic N) is 4. The maximum atomic E-state index is 13.1. The Balaban J connectivity index is 2.15. The van der Waals surface area contributed by atoms with Crippen LogP contribution < -0.4 is 5.32 Å². The van der Waals surface area contributed by atoms with Crippen molar-refractivity contribution in [3.63, 3.8) is 0 Å². The molecule has 0 saturated heterocycles. The third-order valence-corrected chi connectivity index (χ3v) is 3.20. The Hall–Kier alpha value is -1.82. The first-order chi connectivity index (χ1) is 9.83. The van der Waals surface area contributed by atoms with Crippen LogP contribution in [0.3, 0.4) is 0 Å². The highest BCUT2D eigenvalue weighted by Gasteiger charge is 2.18. The Morgan fingerprint density at radius 3 is 2.43 bits per heavy atom. The molecule has 0 saturated carbocycles. The van der Waals surface area contributed by atoms with E-state index >= 15 is 0 Å². The summed E-state index contributed by atoms with van der Waals surface area (Å²) < 4.78 is 13.1. The van der Waals surface area contributed by atoms with Gasteiger partial charge in [0, 0.05) is 24.4 Å². The van der Waals surface area contributed by atoms with Gasteiger partial charge in [-0.25, -0.2) is 4.39 Å². The molecule has 0 radical (unpaired) electrons. The van der Waals surface area contributed by atoms with Gasteiger partial charge in [-0.2, -0.15) is 4.80 Å². The first-order valence-corrected chi connectivity index (χ1v) is 7.07. The van der Waals surface area contributed by atoms with Gasteiger partial charge in [0.1, 0.15) is 5.82 Å². The lowest BCUT2D eigenvalue weighted by Gasteiger charge is -2.25. The van der Waals surface area contributed by atoms with Gasteiger partial charge < -0.3 is 5.32 Å². The molecule has 0 fully saturated rings. The molecule has 6 heteroatoms. The molecule has 1 N–H and O–H groups in total. The average molecular weight is 291 g/mol. The number of hydrogen-bond acceptors (Lipinski definition) is 4. The van der Waals surface area contributed by atoms with E-state index < -0.39 is 0 Å². The van der Waals surface area contributed by atoms with Gasteiger partial charge in [0.25, 0.3) is 0 Å². The van der Waals surface area contributed by atoms with E-state index in [2.05, 4.69) is 41.5 Å². The van der Waals surface area contributed by atoms with Crippen LogP contribution in [0, 0.1) is 5.82 Å². The number of rotatable bonds is 5. The van der Waals surface area contributed by atoms with Crippen LogP contribution in [0.25, 0.3) is 0 Å². The zero-order chi connectivity index (χ0) is 15.5. The Morgan fingerprint density at radius 2 is 1.90 bits per heavy atom. The number of aromatic nitrogens is 4. The van der Waals surface area contributed by atoms with Gasteiger partial charge in [0.2, 0.25) is 0 Å². The van der Waals surface area contributed by atoms with Crippen LogP contribution in [0.2, 0.25) is 0 Å². The molecule has 0 aliphatic carbocycles. The van der Waals surface area contributed by atoms with E-state index in [0.29, 0.717) is 12.2 Å². The predicted octanol–water partition coefficient (Wildman–Crippen LogP) is 2.06. The number of aryl methyl sites for hydroxylation is 1. The summed E-state index contributed by atoms with van der Waals surface area (Å²) in [4.78, 5) is 1.45. The Kier molecular flexibility index (Phi) is 4.67. The minimum atomic E-state index is -0.223. The summed E-state index contributed by atoms with van der Waals surface area (Å²) in [6.45, 7) is 7.13. The number of nitrogens with one attached hydrogen (secondary N) is 1. The van der Waals surface area contributed by atoms with Crippen molar-refractivity contribution < 1.29 is 4.39 Å². The quantitative estimate of drug-likeness (QED) is 0.916. The smallest absolute Gasteiger partial charge is 0.175 e. The van der Waals surface area contributed by atoms with Gasteiger partial charge in [0.05, 0.1) is 7.05 Å². The fourth-order valence-electron chi connectivity index (χ4n) is 2.10. The molecule has 0 aliphatic rings. The van der Waals surface area contributed by atoms with Gasteiger partial charge >= 0.3 is 0 Å². The van der Waals surface area contributed by atoms with Crippen molar-refractivity contribution in [2.75, 3.05) is 6.54 Å². The molecule has 114 valence electrons. The highest BCUT2D eigenvalue weighted by atomic mass is 19.1. The summed E-state index contributed by atoms with van der Waals surface area (Å²) >= 11 is 0. The van der Waals surface area contributed by atoms with Gasteiger partial charge in [-0.05, 0) is 43.7 Å². The zero-order valence-corrected chi connectivity index (χ0v) is 13.0. The molecule has 0 aliphatic heterocycles. The van der Waals surface area contributed by atoms with E-state index in [-0.39, 0.29) is 17.3 Å². The van der Waals surface area contributed by atoms with E-state index in [1.807, 2.05) is 12.1 Å². The SMILES string of the molecule is Cn1nnc(CC(CNC(C)(C)C)c2ccc(F)cc2)n1. The van der Waals surface area contributed by atoms with Crippen molar-refractivity contribution in [1.29, 1.82) is 0 Å². The number of tetrazole rings is 1. The highest BCUT2D eigenvalue weighted by Crippen LogP contribution is 2.20.